The Labute approximate surface area is 118 Å². The number of hydrogen-bond donors (Lipinski definition) is 0. The summed E-state index contributed by atoms with van der Waals surface area (Å²) in [5.41, 5.74) is 0. The molecule has 3 rings (SSSR count). The molecule has 0 spiro atoms. The molecule has 2 heterocycles. The summed E-state index contributed by atoms with van der Waals surface area (Å²) < 4.78 is 10.8. The van der Waals surface area contributed by atoms with Gasteiger partial charge in [-0.2, -0.15) is 4.98 Å². The van der Waals surface area contributed by atoms with Crippen LogP contribution in [0.5, 0.6) is 0 Å². The first-order chi connectivity index (χ1) is 9.72. The second-order valence-electron chi connectivity index (χ2n) is 5.67. The Balaban J connectivity index is 1.42. The van der Waals surface area contributed by atoms with E-state index in [9.17, 15) is 4.79 Å². The third kappa shape index (κ3) is 3.36. The average Bonchev–Trinajstić information content (AvgIpc) is 3.22. The average molecular weight is 279 g/mol. The third-order valence-corrected chi connectivity index (χ3v) is 3.87. The van der Waals surface area contributed by atoms with Gasteiger partial charge in [0.25, 0.3) is 0 Å². The number of piperidine rings is 1. The lowest BCUT2D eigenvalue weighted by atomic mass is 10.1. The molecule has 0 radical (unpaired) electrons. The van der Waals surface area contributed by atoms with Gasteiger partial charge in [0.2, 0.25) is 11.8 Å². The number of carbonyl (C=O) groups excluding carboxylic acids is 1. The second-order valence-corrected chi connectivity index (χ2v) is 5.67. The van der Waals surface area contributed by atoms with Gasteiger partial charge in [0.1, 0.15) is 0 Å². The number of rotatable bonds is 5. The van der Waals surface area contributed by atoms with E-state index >= 15 is 0 Å². The summed E-state index contributed by atoms with van der Waals surface area (Å²) >= 11 is 0. The highest BCUT2D eigenvalue weighted by Crippen LogP contribution is 2.32. The molecule has 0 N–H and O–H groups in total. The molecule has 1 aromatic rings. The standard InChI is InChI=1S/C14H21N3O3/c1-10-15-13(16-20-10)6-8-19-12-3-2-7-17(9-12)14(18)11-4-5-11/h11-12H,2-9H2,1H3. The second kappa shape index (κ2) is 5.91. The maximum atomic E-state index is 12.0. The van der Waals surface area contributed by atoms with Crippen molar-refractivity contribution in [2.75, 3.05) is 19.7 Å². The smallest absolute Gasteiger partial charge is 0.225 e. The van der Waals surface area contributed by atoms with Crippen molar-refractivity contribution in [3.05, 3.63) is 11.7 Å². The van der Waals surface area contributed by atoms with E-state index < -0.39 is 0 Å². The molecular formula is C14H21N3O3. The number of aryl methyl sites for hydroxylation is 1. The third-order valence-electron chi connectivity index (χ3n) is 3.87. The molecule has 1 aliphatic carbocycles. The Morgan fingerprint density at radius 3 is 3.00 bits per heavy atom. The molecule has 1 saturated carbocycles. The fraction of sp³-hybridized carbons (Fsp3) is 0.786. The van der Waals surface area contributed by atoms with Crippen molar-refractivity contribution in [2.45, 2.75) is 45.1 Å². The summed E-state index contributed by atoms with van der Waals surface area (Å²) in [6.45, 7) is 3.98. The zero-order valence-electron chi connectivity index (χ0n) is 11.9. The van der Waals surface area contributed by atoms with Crippen molar-refractivity contribution >= 4 is 5.91 Å². The first-order valence-electron chi connectivity index (χ1n) is 7.42. The van der Waals surface area contributed by atoms with Crippen molar-refractivity contribution in [2.24, 2.45) is 5.92 Å². The lowest BCUT2D eigenvalue weighted by molar-refractivity contribution is -0.136. The summed E-state index contributed by atoms with van der Waals surface area (Å²) in [4.78, 5) is 18.2. The maximum Gasteiger partial charge on any atom is 0.225 e. The number of ether oxygens (including phenoxy) is 1. The van der Waals surface area contributed by atoms with E-state index in [0.29, 0.717) is 36.6 Å². The lowest BCUT2D eigenvalue weighted by Gasteiger charge is -2.32. The van der Waals surface area contributed by atoms with E-state index in [2.05, 4.69) is 10.1 Å². The molecule has 6 heteroatoms. The molecule has 0 bridgehead atoms. The molecule has 1 amide bonds. The van der Waals surface area contributed by atoms with Crippen molar-refractivity contribution in [3.8, 4) is 0 Å². The Kier molecular flexibility index (Phi) is 4.00. The molecule has 20 heavy (non-hydrogen) atoms. The van der Waals surface area contributed by atoms with Gasteiger partial charge >= 0.3 is 0 Å². The fourth-order valence-electron chi connectivity index (χ4n) is 2.62. The highest BCUT2D eigenvalue weighted by molar-refractivity contribution is 5.81. The topological polar surface area (TPSA) is 68.5 Å². The van der Waals surface area contributed by atoms with Crippen molar-refractivity contribution in [1.82, 2.24) is 15.0 Å². The molecule has 6 nitrogen and oxygen atoms in total. The summed E-state index contributed by atoms with van der Waals surface area (Å²) in [5.74, 6) is 1.89. The van der Waals surface area contributed by atoms with Gasteiger partial charge in [-0.3, -0.25) is 4.79 Å². The minimum Gasteiger partial charge on any atom is -0.376 e. The number of hydrogen-bond acceptors (Lipinski definition) is 5. The van der Waals surface area contributed by atoms with Crippen molar-refractivity contribution < 1.29 is 14.1 Å². The van der Waals surface area contributed by atoms with Gasteiger partial charge in [0, 0.05) is 32.4 Å². The molecule has 2 aliphatic rings. The largest absolute Gasteiger partial charge is 0.376 e. The van der Waals surface area contributed by atoms with Crippen LogP contribution in [-0.2, 0) is 16.0 Å². The predicted octanol–water partition coefficient (Wildman–Crippen LogP) is 1.34. The number of amides is 1. The van der Waals surface area contributed by atoms with Crippen LogP contribution in [0.15, 0.2) is 4.52 Å². The summed E-state index contributed by atoms with van der Waals surface area (Å²) in [6, 6.07) is 0. The minimum atomic E-state index is 0.152. The SMILES string of the molecule is Cc1nc(CCOC2CCCN(C(=O)C3CC3)C2)no1. The van der Waals surface area contributed by atoms with Gasteiger partial charge in [-0.05, 0) is 25.7 Å². The van der Waals surface area contributed by atoms with Crippen molar-refractivity contribution in [3.63, 3.8) is 0 Å². The molecule has 1 aliphatic heterocycles. The summed E-state index contributed by atoms with van der Waals surface area (Å²) in [5, 5.41) is 3.84. The first-order valence-corrected chi connectivity index (χ1v) is 7.42. The van der Waals surface area contributed by atoms with Gasteiger partial charge in [0.15, 0.2) is 5.82 Å². The highest BCUT2D eigenvalue weighted by Gasteiger charge is 2.35. The monoisotopic (exact) mass is 279 g/mol. The number of carbonyl (C=O) groups is 1. The Bertz CT molecular complexity index is 470. The quantitative estimate of drug-likeness (QED) is 0.813. The predicted molar refractivity (Wildman–Crippen MR) is 71.0 cm³/mol. The van der Waals surface area contributed by atoms with Gasteiger partial charge in [-0.1, -0.05) is 5.16 Å². The number of likely N-dealkylation sites (tertiary alicyclic amines) is 1. The number of nitrogens with zero attached hydrogens (tertiary/aromatic N) is 3. The molecule has 1 unspecified atom stereocenters. The van der Waals surface area contributed by atoms with Gasteiger partial charge in [-0.15, -0.1) is 0 Å². The maximum absolute atomic E-state index is 12.0. The molecule has 1 aromatic heterocycles. The van der Waals surface area contributed by atoms with Crippen LogP contribution in [0, 0.1) is 12.8 Å². The van der Waals surface area contributed by atoms with E-state index in [1.807, 2.05) is 4.90 Å². The Morgan fingerprint density at radius 1 is 1.45 bits per heavy atom. The summed E-state index contributed by atoms with van der Waals surface area (Å²) in [7, 11) is 0. The van der Waals surface area contributed by atoms with Crippen LogP contribution in [-0.4, -0.2) is 46.7 Å². The van der Waals surface area contributed by atoms with Crippen LogP contribution in [0.4, 0.5) is 0 Å². The van der Waals surface area contributed by atoms with Crippen molar-refractivity contribution in [1.29, 1.82) is 0 Å². The van der Waals surface area contributed by atoms with E-state index in [-0.39, 0.29) is 6.10 Å². The molecule has 110 valence electrons. The first kappa shape index (κ1) is 13.5. The molecule has 1 saturated heterocycles. The van der Waals surface area contributed by atoms with E-state index in [0.717, 1.165) is 38.8 Å². The van der Waals surface area contributed by atoms with E-state index in [4.69, 9.17) is 9.26 Å². The van der Waals surface area contributed by atoms with Gasteiger partial charge in [0.05, 0.1) is 12.7 Å². The van der Waals surface area contributed by atoms with Crippen LogP contribution in [0.2, 0.25) is 0 Å². The Hall–Kier alpha value is -1.43. The van der Waals surface area contributed by atoms with Crippen LogP contribution >= 0.6 is 0 Å². The molecule has 2 fully saturated rings. The van der Waals surface area contributed by atoms with Crippen LogP contribution in [0.1, 0.15) is 37.4 Å². The van der Waals surface area contributed by atoms with Crippen LogP contribution in [0.3, 0.4) is 0 Å². The normalized spacial score (nSPS) is 23.1. The lowest BCUT2D eigenvalue weighted by Crippen LogP contribution is -2.44. The van der Waals surface area contributed by atoms with E-state index in [1.54, 1.807) is 6.92 Å². The van der Waals surface area contributed by atoms with Gasteiger partial charge < -0.3 is 14.2 Å². The highest BCUT2D eigenvalue weighted by atomic mass is 16.5. The molecular weight excluding hydrogens is 258 g/mol. The zero-order valence-corrected chi connectivity index (χ0v) is 11.9. The van der Waals surface area contributed by atoms with E-state index in [1.165, 1.54) is 0 Å². The number of aromatic nitrogens is 2. The van der Waals surface area contributed by atoms with Gasteiger partial charge in [-0.25, -0.2) is 0 Å². The van der Waals surface area contributed by atoms with Crippen LogP contribution < -0.4 is 0 Å². The fourth-order valence-corrected chi connectivity index (χ4v) is 2.62. The molecule has 1 atom stereocenters. The summed E-state index contributed by atoms with van der Waals surface area (Å²) in [6.07, 6.45) is 5.00. The zero-order chi connectivity index (χ0) is 13.9. The minimum absolute atomic E-state index is 0.152. The molecule has 0 aromatic carbocycles. The van der Waals surface area contributed by atoms with Crippen LogP contribution in [0.25, 0.3) is 0 Å². The Morgan fingerprint density at radius 2 is 2.30 bits per heavy atom.